The highest BCUT2D eigenvalue weighted by molar-refractivity contribution is 6.30. The van der Waals surface area contributed by atoms with Gasteiger partial charge < -0.3 is 9.88 Å². The Morgan fingerprint density at radius 3 is 2.88 bits per heavy atom. The predicted molar refractivity (Wildman–Crippen MR) is 101 cm³/mol. The van der Waals surface area contributed by atoms with Crippen LogP contribution in [-0.4, -0.2) is 33.6 Å². The van der Waals surface area contributed by atoms with Crippen LogP contribution in [0, 0.1) is 11.2 Å². The zero-order chi connectivity index (χ0) is 18.1. The fraction of sp³-hybridized carbons (Fsp3) is 0.550. The van der Waals surface area contributed by atoms with Crippen molar-refractivity contribution >= 4 is 11.6 Å². The molecule has 0 radical (unpaired) electrons. The van der Waals surface area contributed by atoms with Crippen molar-refractivity contribution in [2.45, 2.75) is 51.9 Å². The average molecular weight is 377 g/mol. The van der Waals surface area contributed by atoms with Crippen LogP contribution in [0.15, 0.2) is 30.6 Å². The Morgan fingerprint density at radius 1 is 1.35 bits per heavy atom. The number of rotatable bonds is 6. The third-order valence-corrected chi connectivity index (χ3v) is 6.30. The van der Waals surface area contributed by atoms with Crippen LogP contribution in [0.2, 0.25) is 5.02 Å². The van der Waals surface area contributed by atoms with E-state index in [1.165, 1.54) is 25.3 Å². The van der Waals surface area contributed by atoms with Crippen molar-refractivity contribution in [1.82, 2.24) is 19.8 Å². The Hall–Kier alpha value is -1.43. The Kier molecular flexibility index (Phi) is 5.04. The summed E-state index contributed by atoms with van der Waals surface area (Å²) in [6.07, 6.45) is 7.49. The van der Waals surface area contributed by atoms with Gasteiger partial charge in [0.1, 0.15) is 11.6 Å². The van der Waals surface area contributed by atoms with Crippen molar-refractivity contribution in [2.75, 3.05) is 13.1 Å². The molecular formula is C20H26ClFN4. The molecule has 4 rings (SSSR count). The topological polar surface area (TPSA) is 33.1 Å². The summed E-state index contributed by atoms with van der Waals surface area (Å²) in [5.74, 6) is 0.833. The molecular weight excluding hydrogens is 351 g/mol. The fourth-order valence-electron chi connectivity index (χ4n) is 4.41. The van der Waals surface area contributed by atoms with Crippen molar-refractivity contribution in [3.63, 3.8) is 0 Å². The molecule has 1 aliphatic heterocycles. The van der Waals surface area contributed by atoms with Gasteiger partial charge in [0.25, 0.3) is 0 Å². The van der Waals surface area contributed by atoms with E-state index in [2.05, 4.69) is 26.7 Å². The van der Waals surface area contributed by atoms with Crippen LogP contribution in [0.25, 0.3) is 0 Å². The number of piperidine rings is 1. The minimum absolute atomic E-state index is 0.221. The molecule has 140 valence electrons. The van der Waals surface area contributed by atoms with Gasteiger partial charge in [0, 0.05) is 42.1 Å². The van der Waals surface area contributed by atoms with Crippen LogP contribution in [0.3, 0.4) is 0 Å². The predicted octanol–water partition coefficient (Wildman–Crippen LogP) is 3.84. The largest absolute Gasteiger partial charge is 0.334 e. The maximum Gasteiger partial charge on any atom is 0.129 e. The monoisotopic (exact) mass is 376 g/mol. The second kappa shape index (κ2) is 7.29. The molecule has 1 saturated heterocycles. The van der Waals surface area contributed by atoms with Crippen molar-refractivity contribution in [1.29, 1.82) is 0 Å². The molecule has 1 N–H and O–H groups in total. The van der Waals surface area contributed by atoms with Gasteiger partial charge in [-0.05, 0) is 56.8 Å². The van der Waals surface area contributed by atoms with E-state index in [0.717, 1.165) is 32.0 Å². The molecule has 2 heterocycles. The van der Waals surface area contributed by atoms with E-state index in [9.17, 15) is 4.39 Å². The molecule has 1 atom stereocenters. The number of hydrogen-bond acceptors (Lipinski definition) is 3. The Labute approximate surface area is 159 Å². The zero-order valence-corrected chi connectivity index (χ0v) is 16.0. The lowest BCUT2D eigenvalue weighted by Crippen LogP contribution is -2.36. The first-order valence-corrected chi connectivity index (χ1v) is 9.88. The van der Waals surface area contributed by atoms with E-state index in [-0.39, 0.29) is 5.82 Å². The number of benzene rings is 1. The van der Waals surface area contributed by atoms with E-state index in [1.54, 1.807) is 6.07 Å². The highest BCUT2D eigenvalue weighted by Crippen LogP contribution is 2.56. The van der Waals surface area contributed by atoms with Crippen molar-refractivity contribution in [3.05, 3.63) is 52.8 Å². The molecule has 26 heavy (non-hydrogen) atoms. The minimum atomic E-state index is -0.221. The normalized spacial score (nSPS) is 21.5. The van der Waals surface area contributed by atoms with Gasteiger partial charge in [-0.25, -0.2) is 9.37 Å². The van der Waals surface area contributed by atoms with E-state index in [1.807, 2.05) is 18.5 Å². The second-order valence-corrected chi connectivity index (χ2v) is 8.04. The van der Waals surface area contributed by atoms with Gasteiger partial charge in [-0.1, -0.05) is 17.7 Å². The highest BCUT2D eigenvalue weighted by Gasteiger charge is 2.56. The van der Waals surface area contributed by atoms with Gasteiger partial charge in [-0.2, -0.15) is 0 Å². The molecule has 1 unspecified atom stereocenters. The fourth-order valence-corrected chi connectivity index (χ4v) is 4.57. The van der Waals surface area contributed by atoms with Crippen LogP contribution >= 0.6 is 11.6 Å². The number of aromatic nitrogens is 2. The summed E-state index contributed by atoms with van der Waals surface area (Å²) in [6.45, 7) is 6.55. The molecule has 1 saturated carbocycles. The summed E-state index contributed by atoms with van der Waals surface area (Å²) < 4.78 is 16.6. The van der Waals surface area contributed by atoms with E-state index in [4.69, 9.17) is 11.6 Å². The standard InChI is InChI=1S/C20H26ClFN4/c1-2-25-10-9-24-19(25)14-26(13-15-3-4-16(21)11-17(15)22)18-12-20(18)5-7-23-8-6-20/h3-4,9-11,18,23H,2,5-8,12-14H2,1H3. The van der Waals surface area contributed by atoms with Gasteiger partial charge >= 0.3 is 0 Å². The summed E-state index contributed by atoms with van der Waals surface area (Å²) in [5.41, 5.74) is 1.11. The molecule has 1 aliphatic carbocycles. The Balaban J connectivity index is 1.57. The van der Waals surface area contributed by atoms with Gasteiger partial charge in [-0.3, -0.25) is 4.90 Å². The van der Waals surface area contributed by atoms with Crippen LogP contribution in [0.1, 0.15) is 37.6 Å². The summed E-state index contributed by atoms with van der Waals surface area (Å²) in [5, 5.41) is 3.90. The molecule has 2 aliphatic rings. The summed E-state index contributed by atoms with van der Waals surface area (Å²) in [4.78, 5) is 6.97. The Bertz CT molecular complexity index is 769. The van der Waals surface area contributed by atoms with E-state index in [0.29, 0.717) is 28.6 Å². The first-order chi connectivity index (χ1) is 12.6. The lowest BCUT2D eigenvalue weighted by Gasteiger charge is -2.29. The number of aryl methyl sites for hydroxylation is 1. The smallest absolute Gasteiger partial charge is 0.129 e. The summed E-state index contributed by atoms with van der Waals surface area (Å²) in [6, 6.07) is 5.50. The number of imidazole rings is 1. The van der Waals surface area contributed by atoms with Crippen LogP contribution in [-0.2, 0) is 19.6 Å². The molecule has 0 bridgehead atoms. The van der Waals surface area contributed by atoms with E-state index >= 15 is 0 Å². The molecule has 2 aromatic rings. The molecule has 1 aromatic carbocycles. The number of nitrogens with one attached hydrogen (secondary N) is 1. The summed E-state index contributed by atoms with van der Waals surface area (Å²) in [7, 11) is 0. The third kappa shape index (κ3) is 3.53. The van der Waals surface area contributed by atoms with Gasteiger partial charge in [0.15, 0.2) is 0 Å². The van der Waals surface area contributed by atoms with Gasteiger partial charge in [-0.15, -0.1) is 0 Å². The highest BCUT2D eigenvalue weighted by atomic mass is 35.5. The van der Waals surface area contributed by atoms with Gasteiger partial charge in [0.05, 0.1) is 6.54 Å². The van der Waals surface area contributed by atoms with Crippen molar-refractivity contribution < 1.29 is 4.39 Å². The van der Waals surface area contributed by atoms with Crippen LogP contribution < -0.4 is 5.32 Å². The lowest BCUT2D eigenvalue weighted by atomic mass is 9.93. The first-order valence-electron chi connectivity index (χ1n) is 9.50. The number of halogens is 2. The molecule has 6 heteroatoms. The molecule has 2 fully saturated rings. The third-order valence-electron chi connectivity index (χ3n) is 6.06. The maximum atomic E-state index is 14.4. The Morgan fingerprint density at radius 2 is 2.15 bits per heavy atom. The molecule has 0 amide bonds. The average Bonchev–Trinajstić information content (AvgIpc) is 3.12. The quantitative estimate of drug-likeness (QED) is 0.831. The maximum absolute atomic E-state index is 14.4. The number of hydrogen-bond donors (Lipinski definition) is 1. The first kappa shape index (κ1) is 18.0. The number of nitrogens with zero attached hydrogens (tertiary/aromatic N) is 3. The summed E-state index contributed by atoms with van der Waals surface area (Å²) >= 11 is 5.93. The molecule has 1 aromatic heterocycles. The zero-order valence-electron chi connectivity index (χ0n) is 15.2. The van der Waals surface area contributed by atoms with Gasteiger partial charge in [0.2, 0.25) is 0 Å². The van der Waals surface area contributed by atoms with Crippen LogP contribution in [0.5, 0.6) is 0 Å². The van der Waals surface area contributed by atoms with Crippen molar-refractivity contribution in [3.8, 4) is 0 Å². The molecule has 1 spiro atoms. The lowest BCUT2D eigenvalue weighted by molar-refractivity contribution is 0.180. The van der Waals surface area contributed by atoms with Crippen LogP contribution in [0.4, 0.5) is 4.39 Å². The molecule has 4 nitrogen and oxygen atoms in total. The van der Waals surface area contributed by atoms with E-state index < -0.39 is 0 Å². The SMILES string of the molecule is CCn1ccnc1CN(Cc1ccc(Cl)cc1F)C1CC12CCNCC2. The minimum Gasteiger partial charge on any atom is -0.334 e. The second-order valence-electron chi connectivity index (χ2n) is 7.60. The van der Waals surface area contributed by atoms with Crippen molar-refractivity contribution in [2.24, 2.45) is 5.41 Å².